The number of hydrogen-bond donors (Lipinski definition) is 2. The number of ether oxygens (including phenoxy) is 1. The van der Waals surface area contributed by atoms with Crippen LogP contribution in [0, 0.1) is 5.92 Å². The summed E-state index contributed by atoms with van der Waals surface area (Å²) in [5.41, 5.74) is 3.25. The van der Waals surface area contributed by atoms with Crippen molar-refractivity contribution in [3.8, 4) is 0 Å². The second kappa shape index (κ2) is 8.03. The van der Waals surface area contributed by atoms with E-state index in [9.17, 15) is 4.79 Å². The van der Waals surface area contributed by atoms with E-state index >= 15 is 0 Å². The van der Waals surface area contributed by atoms with Crippen LogP contribution in [0.5, 0.6) is 0 Å². The van der Waals surface area contributed by atoms with Crippen molar-refractivity contribution in [1.29, 1.82) is 0 Å². The highest BCUT2D eigenvalue weighted by molar-refractivity contribution is 5.88. The van der Waals surface area contributed by atoms with Crippen LogP contribution >= 0.6 is 0 Å². The van der Waals surface area contributed by atoms with Gasteiger partial charge in [-0.1, -0.05) is 64.2 Å². The summed E-state index contributed by atoms with van der Waals surface area (Å²) in [5.74, 6) is 0.447. The van der Waals surface area contributed by atoms with Gasteiger partial charge in [0, 0.05) is 22.5 Å². The number of aromatic nitrogens is 1. The van der Waals surface area contributed by atoms with E-state index in [-0.39, 0.29) is 23.5 Å². The monoisotopic (exact) mass is 410 g/mol. The van der Waals surface area contributed by atoms with Crippen LogP contribution in [-0.2, 0) is 15.1 Å². The molecule has 30 heavy (non-hydrogen) atoms. The molecule has 0 radical (unpaired) electrons. The van der Waals surface area contributed by atoms with E-state index < -0.39 is 5.60 Å². The number of esters is 1. The summed E-state index contributed by atoms with van der Waals surface area (Å²) >= 11 is 0. The highest BCUT2D eigenvalue weighted by Crippen LogP contribution is 2.50. The molecular formula is C26H38N2O2. The molecule has 4 heteroatoms. The van der Waals surface area contributed by atoms with Crippen LogP contribution in [0.3, 0.4) is 0 Å². The molecular weight excluding hydrogens is 372 g/mol. The third-order valence-corrected chi connectivity index (χ3v) is 7.27. The SMILES string of the molecule is CCC(CC)[C@H]1c2c([nH]c3ccccc23)C2(CCCCC2)N[C@H]1C(=O)OC(C)(C)C. The first-order valence-corrected chi connectivity index (χ1v) is 11.9. The Morgan fingerprint density at radius 1 is 1.13 bits per heavy atom. The molecule has 4 nitrogen and oxygen atoms in total. The van der Waals surface area contributed by atoms with Crippen LogP contribution in [0.15, 0.2) is 24.3 Å². The largest absolute Gasteiger partial charge is 0.459 e. The maximum atomic E-state index is 13.6. The Morgan fingerprint density at radius 3 is 2.43 bits per heavy atom. The van der Waals surface area contributed by atoms with E-state index in [1.54, 1.807) is 0 Å². The van der Waals surface area contributed by atoms with Crippen LogP contribution in [0.25, 0.3) is 10.9 Å². The Hall–Kier alpha value is -1.81. The fraction of sp³-hybridized carbons (Fsp3) is 0.654. The summed E-state index contributed by atoms with van der Waals surface area (Å²) < 4.78 is 5.97. The van der Waals surface area contributed by atoms with Crippen LogP contribution in [-0.4, -0.2) is 22.6 Å². The summed E-state index contributed by atoms with van der Waals surface area (Å²) in [4.78, 5) is 17.4. The summed E-state index contributed by atoms with van der Waals surface area (Å²) in [6.07, 6.45) is 7.90. The lowest BCUT2D eigenvalue weighted by molar-refractivity contribution is -0.160. The van der Waals surface area contributed by atoms with Gasteiger partial charge in [-0.2, -0.15) is 0 Å². The lowest BCUT2D eigenvalue weighted by atomic mass is 9.67. The molecule has 0 unspecified atom stereocenters. The summed E-state index contributed by atoms with van der Waals surface area (Å²) in [7, 11) is 0. The quantitative estimate of drug-likeness (QED) is 0.593. The fourth-order valence-corrected chi connectivity index (χ4v) is 5.94. The number of benzene rings is 1. The first-order chi connectivity index (χ1) is 14.3. The summed E-state index contributed by atoms with van der Waals surface area (Å²) in [6, 6.07) is 8.32. The Labute approximate surface area is 181 Å². The van der Waals surface area contributed by atoms with Gasteiger partial charge in [0.1, 0.15) is 11.6 Å². The Kier molecular flexibility index (Phi) is 5.73. The Morgan fingerprint density at radius 2 is 1.80 bits per heavy atom. The number of H-pyrrole nitrogens is 1. The first kappa shape index (κ1) is 21.4. The van der Waals surface area contributed by atoms with Crippen LogP contribution in [0.4, 0.5) is 0 Å². The maximum absolute atomic E-state index is 13.6. The van der Waals surface area contributed by atoms with E-state index in [2.05, 4.69) is 48.4 Å². The highest BCUT2D eigenvalue weighted by atomic mass is 16.6. The second-order valence-electron chi connectivity index (χ2n) is 10.4. The lowest BCUT2D eigenvalue weighted by Gasteiger charge is -2.49. The lowest BCUT2D eigenvalue weighted by Crippen LogP contribution is -2.60. The van der Waals surface area contributed by atoms with Crippen molar-refractivity contribution in [2.24, 2.45) is 5.92 Å². The molecule has 0 bridgehead atoms. The van der Waals surface area contributed by atoms with Gasteiger partial charge in [-0.15, -0.1) is 0 Å². The van der Waals surface area contributed by atoms with Gasteiger partial charge in [0.05, 0.1) is 5.54 Å². The molecule has 0 saturated heterocycles. The molecule has 2 atom stereocenters. The highest BCUT2D eigenvalue weighted by Gasteiger charge is 2.51. The average molecular weight is 411 g/mol. The normalized spacial score (nSPS) is 23.7. The van der Waals surface area contributed by atoms with Crippen molar-refractivity contribution in [3.63, 3.8) is 0 Å². The molecule has 2 aromatic rings. The van der Waals surface area contributed by atoms with Gasteiger partial charge in [0.2, 0.25) is 0 Å². The third kappa shape index (κ3) is 3.68. The maximum Gasteiger partial charge on any atom is 0.324 e. The molecule has 2 N–H and O–H groups in total. The number of hydrogen-bond acceptors (Lipinski definition) is 3. The van der Waals surface area contributed by atoms with E-state index in [0.29, 0.717) is 5.92 Å². The molecule has 1 aliphatic heterocycles. The zero-order valence-electron chi connectivity index (χ0n) is 19.3. The first-order valence-electron chi connectivity index (χ1n) is 11.9. The molecule has 1 spiro atoms. The van der Waals surface area contributed by atoms with Gasteiger partial charge in [-0.3, -0.25) is 10.1 Å². The second-order valence-corrected chi connectivity index (χ2v) is 10.4. The molecule has 0 amide bonds. The molecule has 1 saturated carbocycles. The number of carbonyl (C=O) groups excluding carboxylic acids is 1. The number of para-hydroxylation sites is 1. The smallest absolute Gasteiger partial charge is 0.324 e. The fourth-order valence-electron chi connectivity index (χ4n) is 5.94. The molecule has 4 rings (SSSR count). The Bertz CT molecular complexity index is 897. The van der Waals surface area contributed by atoms with Crippen molar-refractivity contribution < 1.29 is 9.53 Å². The Balaban J connectivity index is 1.92. The van der Waals surface area contributed by atoms with E-state index in [4.69, 9.17) is 4.74 Å². The van der Waals surface area contributed by atoms with Crippen LogP contribution < -0.4 is 5.32 Å². The van der Waals surface area contributed by atoms with Crippen molar-refractivity contribution in [2.75, 3.05) is 0 Å². The standard InChI is InChI=1S/C26H38N2O2/c1-6-17(7-2)20-21-18-13-9-10-14-19(18)27-23(21)26(15-11-8-12-16-26)28-22(20)24(29)30-25(3,4)5/h9-10,13-14,17,20,22,27-28H,6-8,11-12,15-16H2,1-5H3/t20-,22+/m0/s1. The third-order valence-electron chi connectivity index (χ3n) is 7.27. The van der Waals surface area contributed by atoms with Gasteiger partial charge < -0.3 is 9.72 Å². The van der Waals surface area contributed by atoms with Gasteiger partial charge >= 0.3 is 5.97 Å². The van der Waals surface area contributed by atoms with Crippen molar-refractivity contribution in [1.82, 2.24) is 10.3 Å². The molecule has 2 heterocycles. The predicted octanol–water partition coefficient (Wildman–Crippen LogP) is 6.16. The van der Waals surface area contributed by atoms with E-state index in [1.807, 2.05) is 20.8 Å². The van der Waals surface area contributed by atoms with Crippen LogP contribution in [0.1, 0.15) is 96.7 Å². The van der Waals surface area contributed by atoms with Gasteiger partial charge in [-0.25, -0.2) is 0 Å². The zero-order valence-corrected chi connectivity index (χ0v) is 19.3. The zero-order chi connectivity index (χ0) is 21.5. The van der Waals surface area contributed by atoms with Crippen molar-refractivity contribution >= 4 is 16.9 Å². The minimum Gasteiger partial charge on any atom is -0.459 e. The van der Waals surface area contributed by atoms with E-state index in [1.165, 1.54) is 41.4 Å². The predicted molar refractivity (Wildman–Crippen MR) is 123 cm³/mol. The molecule has 164 valence electrons. The summed E-state index contributed by atoms with van der Waals surface area (Å²) in [6.45, 7) is 10.4. The topological polar surface area (TPSA) is 54.1 Å². The van der Waals surface area contributed by atoms with Crippen LogP contribution in [0.2, 0.25) is 0 Å². The number of aromatic amines is 1. The minimum absolute atomic E-state index is 0.0970. The van der Waals surface area contributed by atoms with Gasteiger partial charge in [0.25, 0.3) is 0 Å². The van der Waals surface area contributed by atoms with E-state index in [0.717, 1.165) is 25.7 Å². The van der Waals surface area contributed by atoms with Gasteiger partial charge in [-0.05, 0) is 51.2 Å². The number of fused-ring (bicyclic) bond motifs is 4. The minimum atomic E-state index is -0.489. The molecule has 1 aromatic carbocycles. The molecule has 1 fully saturated rings. The molecule has 2 aliphatic rings. The summed E-state index contributed by atoms with van der Waals surface area (Å²) in [5, 5.41) is 5.18. The van der Waals surface area contributed by atoms with Gasteiger partial charge in [0.15, 0.2) is 0 Å². The van der Waals surface area contributed by atoms with Crippen molar-refractivity contribution in [3.05, 3.63) is 35.5 Å². The molecule has 1 aliphatic carbocycles. The van der Waals surface area contributed by atoms with Crippen molar-refractivity contribution in [2.45, 2.75) is 103 Å². The molecule has 1 aromatic heterocycles. The average Bonchev–Trinajstić information content (AvgIpc) is 3.10. The number of rotatable bonds is 4. The number of nitrogens with one attached hydrogen (secondary N) is 2. The number of carbonyl (C=O) groups is 1.